The second-order valence-corrected chi connectivity index (χ2v) is 5.51. The van der Waals surface area contributed by atoms with Crippen LogP contribution in [0.3, 0.4) is 0 Å². The van der Waals surface area contributed by atoms with Crippen LogP contribution in [0.2, 0.25) is 0 Å². The molecule has 2 aromatic carbocycles. The minimum absolute atomic E-state index is 0. The predicted molar refractivity (Wildman–Crippen MR) is 89.3 cm³/mol. The molecule has 2 aromatic rings. The topological polar surface area (TPSA) is 132 Å². The van der Waals surface area contributed by atoms with Crippen molar-refractivity contribution in [3.63, 3.8) is 0 Å². The zero-order valence-electron chi connectivity index (χ0n) is 14.4. The molecule has 0 saturated heterocycles. The number of benzene rings is 2. The molecule has 0 spiro atoms. The number of nitrogen functional groups attached to an aromatic ring is 2. The largest absolute Gasteiger partial charge is 2.00 e. The van der Waals surface area contributed by atoms with Crippen LogP contribution in [-0.2, 0) is 16.5 Å². The number of nitrogens with two attached hydrogens (primary N) is 2. The molecule has 0 unspecified atom stereocenters. The fourth-order valence-electron chi connectivity index (χ4n) is 2.03. The van der Waals surface area contributed by atoms with Crippen molar-refractivity contribution in [3.8, 4) is 0 Å². The molecule has 0 aromatic heterocycles. The van der Waals surface area contributed by atoms with Crippen molar-refractivity contribution in [1.29, 1.82) is 0 Å². The van der Waals surface area contributed by atoms with Gasteiger partial charge in [0.05, 0.1) is 11.9 Å². The Balaban J connectivity index is 0.000000443. The molecule has 0 bridgehead atoms. The van der Waals surface area contributed by atoms with E-state index < -0.39 is 11.9 Å². The minimum atomic E-state index is -1.23. The summed E-state index contributed by atoms with van der Waals surface area (Å²) in [5.41, 5.74) is 15.4. The van der Waals surface area contributed by atoms with E-state index in [1.807, 2.05) is 13.8 Å². The second kappa shape index (κ2) is 9.09. The standard InChI is InChI=1S/2C9H11NO2.Ni/c2*1-5-3-4-7(9(11)12)8(10)6(5)2;/h2*3-4H,10H2,1-2H3,(H,11,12);/q;;+2/p-2. The van der Waals surface area contributed by atoms with Gasteiger partial charge in [0, 0.05) is 22.5 Å². The van der Waals surface area contributed by atoms with Crippen LogP contribution in [0, 0.1) is 27.7 Å². The summed E-state index contributed by atoms with van der Waals surface area (Å²) in [6, 6.07) is 6.37. The smallest absolute Gasteiger partial charge is 0.545 e. The summed E-state index contributed by atoms with van der Waals surface area (Å²) >= 11 is 0. The molecule has 2 rings (SSSR count). The number of hydrogen-bond acceptors (Lipinski definition) is 6. The van der Waals surface area contributed by atoms with Gasteiger partial charge in [-0.05, 0) is 49.9 Å². The SMILES string of the molecule is Cc1ccc(C(=O)[O-])c(N)c1C.Cc1ccc(C(=O)[O-])c(N)c1C.[Ni+2]. The minimum Gasteiger partial charge on any atom is -0.545 e. The van der Waals surface area contributed by atoms with Crippen LogP contribution < -0.4 is 21.7 Å². The van der Waals surface area contributed by atoms with Gasteiger partial charge < -0.3 is 31.3 Å². The van der Waals surface area contributed by atoms with E-state index >= 15 is 0 Å². The molecule has 136 valence electrons. The Morgan fingerprint density at radius 2 is 1.00 bits per heavy atom. The normalized spacial score (nSPS) is 9.44. The van der Waals surface area contributed by atoms with Gasteiger partial charge in [0.25, 0.3) is 0 Å². The van der Waals surface area contributed by atoms with E-state index in [9.17, 15) is 19.8 Å². The van der Waals surface area contributed by atoms with Crippen LogP contribution in [0.25, 0.3) is 0 Å². The van der Waals surface area contributed by atoms with Gasteiger partial charge in [-0.15, -0.1) is 0 Å². The number of anilines is 2. The van der Waals surface area contributed by atoms with Gasteiger partial charge in [0.1, 0.15) is 0 Å². The van der Waals surface area contributed by atoms with Gasteiger partial charge >= 0.3 is 16.5 Å². The van der Waals surface area contributed by atoms with Crippen LogP contribution in [-0.4, -0.2) is 11.9 Å². The first-order chi connectivity index (χ1) is 11.1. The molecule has 0 atom stereocenters. The number of rotatable bonds is 2. The number of carboxylic acids is 2. The van der Waals surface area contributed by atoms with Gasteiger partial charge in [-0.3, -0.25) is 0 Å². The van der Waals surface area contributed by atoms with Crippen molar-refractivity contribution in [2.45, 2.75) is 27.7 Å². The number of aryl methyl sites for hydroxylation is 2. The molecule has 0 saturated carbocycles. The van der Waals surface area contributed by atoms with Gasteiger partial charge in [-0.2, -0.15) is 0 Å². The first-order valence-electron chi connectivity index (χ1n) is 7.22. The summed E-state index contributed by atoms with van der Waals surface area (Å²) in [6.45, 7) is 7.34. The molecular formula is C18H20N2NiO4. The molecule has 0 amide bonds. The second-order valence-electron chi connectivity index (χ2n) is 5.51. The molecule has 6 nitrogen and oxygen atoms in total. The Morgan fingerprint density at radius 1 is 0.720 bits per heavy atom. The first-order valence-corrected chi connectivity index (χ1v) is 7.22. The van der Waals surface area contributed by atoms with E-state index in [-0.39, 0.29) is 27.6 Å². The molecular weight excluding hydrogens is 367 g/mol. The molecule has 0 heterocycles. The summed E-state index contributed by atoms with van der Waals surface area (Å²) < 4.78 is 0. The average molecular weight is 387 g/mol. The van der Waals surface area contributed by atoms with Crippen molar-refractivity contribution in [2.75, 3.05) is 11.5 Å². The maximum absolute atomic E-state index is 10.5. The maximum Gasteiger partial charge on any atom is 2.00 e. The van der Waals surface area contributed by atoms with Crippen LogP contribution in [0.15, 0.2) is 24.3 Å². The summed E-state index contributed by atoms with van der Waals surface area (Å²) in [5.74, 6) is -2.45. The molecule has 0 aliphatic carbocycles. The Morgan fingerprint density at radius 3 is 1.24 bits per heavy atom. The molecule has 0 fully saturated rings. The van der Waals surface area contributed by atoms with Gasteiger partial charge in [0.15, 0.2) is 0 Å². The van der Waals surface area contributed by atoms with Crippen LogP contribution in [0.4, 0.5) is 11.4 Å². The van der Waals surface area contributed by atoms with Crippen LogP contribution >= 0.6 is 0 Å². The molecule has 0 aliphatic rings. The third kappa shape index (κ3) is 5.23. The van der Waals surface area contributed by atoms with Crippen molar-refractivity contribution in [1.82, 2.24) is 0 Å². The van der Waals surface area contributed by atoms with E-state index in [1.54, 1.807) is 26.0 Å². The van der Waals surface area contributed by atoms with Crippen molar-refractivity contribution >= 4 is 23.3 Å². The zero-order chi connectivity index (χ0) is 18.6. The van der Waals surface area contributed by atoms with E-state index in [1.165, 1.54) is 12.1 Å². The van der Waals surface area contributed by atoms with E-state index in [0.717, 1.165) is 22.3 Å². The summed E-state index contributed by atoms with van der Waals surface area (Å²) in [6.07, 6.45) is 0. The van der Waals surface area contributed by atoms with Gasteiger partial charge in [-0.25, -0.2) is 0 Å². The number of carbonyl (C=O) groups is 2. The fourth-order valence-corrected chi connectivity index (χ4v) is 2.03. The summed E-state index contributed by atoms with van der Waals surface area (Å²) in [7, 11) is 0. The fraction of sp³-hybridized carbons (Fsp3) is 0.222. The van der Waals surface area contributed by atoms with Gasteiger partial charge in [0.2, 0.25) is 0 Å². The number of hydrogen-bond donors (Lipinski definition) is 2. The molecule has 25 heavy (non-hydrogen) atoms. The quantitative estimate of drug-likeness (QED) is 0.570. The first kappa shape index (κ1) is 22.5. The van der Waals surface area contributed by atoms with E-state index in [0.29, 0.717) is 11.4 Å². The Labute approximate surface area is 156 Å². The molecule has 4 N–H and O–H groups in total. The Hall–Kier alpha value is -2.53. The van der Waals surface area contributed by atoms with E-state index in [4.69, 9.17) is 11.5 Å². The van der Waals surface area contributed by atoms with Gasteiger partial charge in [-0.1, -0.05) is 24.3 Å². The Bertz CT molecular complexity index is 737. The van der Waals surface area contributed by atoms with Crippen molar-refractivity contribution < 1.29 is 36.3 Å². The third-order valence-electron chi connectivity index (χ3n) is 4.01. The molecule has 7 heteroatoms. The van der Waals surface area contributed by atoms with Crippen molar-refractivity contribution in [2.24, 2.45) is 0 Å². The Kier molecular flexibility index (Phi) is 8.17. The van der Waals surface area contributed by atoms with Crippen LogP contribution in [0.1, 0.15) is 43.0 Å². The van der Waals surface area contributed by atoms with Crippen LogP contribution in [0.5, 0.6) is 0 Å². The summed E-state index contributed by atoms with van der Waals surface area (Å²) in [4.78, 5) is 21.0. The average Bonchev–Trinajstić information content (AvgIpc) is 2.50. The van der Waals surface area contributed by atoms with E-state index in [2.05, 4.69) is 0 Å². The molecule has 0 radical (unpaired) electrons. The molecule has 0 aliphatic heterocycles. The number of carbonyl (C=O) groups excluding carboxylic acids is 2. The monoisotopic (exact) mass is 386 g/mol. The number of aromatic carboxylic acids is 2. The third-order valence-corrected chi connectivity index (χ3v) is 4.01. The predicted octanol–water partition coefficient (Wildman–Crippen LogP) is 0.496. The maximum atomic E-state index is 10.5. The summed E-state index contributed by atoms with van der Waals surface area (Å²) in [5, 5.41) is 21.0. The number of carboxylic acid groups (broad SMARTS) is 2. The van der Waals surface area contributed by atoms with Crippen molar-refractivity contribution in [3.05, 3.63) is 57.6 Å². The zero-order valence-corrected chi connectivity index (χ0v) is 15.4.